The fourth-order valence-electron chi connectivity index (χ4n) is 2.23. The Hall–Kier alpha value is -1.75. The highest BCUT2D eigenvalue weighted by atomic mass is 16.5. The molecule has 5 heteroatoms. The summed E-state index contributed by atoms with van der Waals surface area (Å²) in [5, 5.41) is 12.3. The van der Waals surface area contributed by atoms with Gasteiger partial charge in [-0.25, -0.2) is 4.79 Å². The van der Waals surface area contributed by atoms with Crippen molar-refractivity contribution in [2.75, 3.05) is 26.2 Å². The topological polar surface area (TPSA) is 61.8 Å². The van der Waals surface area contributed by atoms with Gasteiger partial charge in [0.25, 0.3) is 0 Å². The molecular weight excluding hydrogens is 244 g/mol. The van der Waals surface area contributed by atoms with Crippen LogP contribution in [0.5, 0.6) is 5.75 Å². The minimum absolute atomic E-state index is 0.240. The summed E-state index contributed by atoms with van der Waals surface area (Å²) >= 11 is 0. The second-order valence-electron chi connectivity index (χ2n) is 4.68. The van der Waals surface area contributed by atoms with Gasteiger partial charge in [-0.2, -0.15) is 0 Å². The predicted molar refractivity (Wildman–Crippen MR) is 72.6 cm³/mol. The van der Waals surface area contributed by atoms with Crippen LogP contribution in [-0.4, -0.2) is 48.4 Å². The van der Waals surface area contributed by atoms with Gasteiger partial charge in [-0.05, 0) is 25.0 Å². The molecule has 0 aliphatic carbocycles. The summed E-state index contributed by atoms with van der Waals surface area (Å²) in [5.74, 6) is 0.881. The Bertz CT molecular complexity index is 397. The van der Waals surface area contributed by atoms with E-state index in [1.807, 2.05) is 30.3 Å². The van der Waals surface area contributed by atoms with Crippen LogP contribution in [-0.2, 0) is 0 Å². The van der Waals surface area contributed by atoms with Crippen molar-refractivity contribution in [3.8, 4) is 5.75 Å². The van der Waals surface area contributed by atoms with Gasteiger partial charge in [-0.3, -0.25) is 0 Å². The average molecular weight is 264 g/mol. The molecule has 5 nitrogen and oxygen atoms in total. The summed E-state index contributed by atoms with van der Waals surface area (Å²) in [6.45, 7) is 2.54. The van der Waals surface area contributed by atoms with Crippen LogP contribution < -0.4 is 10.1 Å². The van der Waals surface area contributed by atoms with E-state index in [-0.39, 0.29) is 6.04 Å². The number of amides is 1. The molecule has 1 heterocycles. The maximum absolute atomic E-state index is 10.9. The fraction of sp³-hybridized carbons (Fsp3) is 0.500. The SMILES string of the molecule is O=C(O)N1CCN[C@H](CCCOc2ccccc2)C1. The summed E-state index contributed by atoms with van der Waals surface area (Å²) in [4.78, 5) is 12.4. The molecule has 1 aliphatic heterocycles. The van der Waals surface area contributed by atoms with Crippen molar-refractivity contribution in [3.63, 3.8) is 0 Å². The summed E-state index contributed by atoms with van der Waals surface area (Å²) in [5.41, 5.74) is 0. The Morgan fingerprint density at radius 3 is 2.95 bits per heavy atom. The first-order valence-corrected chi connectivity index (χ1v) is 6.65. The number of ether oxygens (including phenoxy) is 1. The molecule has 1 aromatic rings. The Kier molecular flexibility index (Phi) is 5.03. The molecule has 0 aromatic heterocycles. The van der Waals surface area contributed by atoms with E-state index in [0.29, 0.717) is 19.7 Å². The monoisotopic (exact) mass is 264 g/mol. The van der Waals surface area contributed by atoms with Crippen LogP contribution in [0.4, 0.5) is 4.79 Å². The summed E-state index contributed by atoms with van der Waals surface area (Å²) < 4.78 is 5.61. The number of piperazine rings is 1. The largest absolute Gasteiger partial charge is 0.494 e. The maximum Gasteiger partial charge on any atom is 0.407 e. The highest BCUT2D eigenvalue weighted by Crippen LogP contribution is 2.10. The molecule has 0 saturated carbocycles. The van der Waals surface area contributed by atoms with Gasteiger partial charge in [0, 0.05) is 25.7 Å². The van der Waals surface area contributed by atoms with Crippen LogP contribution in [0.2, 0.25) is 0 Å². The summed E-state index contributed by atoms with van der Waals surface area (Å²) in [7, 11) is 0. The van der Waals surface area contributed by atoms with Crippen molar-refractivity contribution in [3.05, 3.63) is 30.3 Å². The molecule has 0 spiro atoms. The van der Waals surface area contributed by atoms with Crippen molar-refractivity contribution in [1.82, 2.24) is 10.2 Å². The Balaban J connectivity index is 1.64. The molecule has 0 radical (unpaired) electrons. The van der Waals surface area contributed by atoms with Gasteiger partial charge >= 0.3 is 6.09 Å². The molecule has 2 rings (SSSR count). The minimum atomic E-state index is -0.827. The number of carbonyl (C=O) groups is 1. The third-order valence-electron chi connectivity index (χ3n) is 3.23. The van der Waals surface area contributed by atoms with Gasteiger partial charge in [0.2, 0.25) is 0 Å². The number of rotatable bonds is 5. The van der Waals surface area contributed by atoms with Gasteiger partial charge < -0.3 is 20.1 Å². The smallest absolute Gasteiger partial charge is 0.407 e. The molecule has 1 atom stereocenters. The van der Waals surface area contributed by atoms with Gasteiger partial charge in [-0.15, -0.1) is 0 Å². The lowest BCUT2D eigenvalue weighted by Crippen LogP contribution is -2.52. The normalized spacial score (nSPS) is 19.2. The number of nitrogens with one attached hydrogen (secondary N) is 1. The number of hydrogen-bond donors (Lipinski definition) is 2. The van der Waals surface area contributed by atoms with E-state index in [0.717, 1.165) is 25.1 Å². The Morgan fingerprint density at radius 1 is 1.42 bits per heavy atom. The molecule has 0 bridgehead atoms. The van der Waals surface area contributed by atoms with Crippen LogP contribution in [0.3, 0.4) is 0 Å². The number of para-hydroxylation sites is 1. The zero-order valence-corrected chi connectivity index (χ0v) is 10.9. The highest BCUT2D eigenvalue weighted by Gasteiger charge is 2.21. The maximum atomic E-state index is 10.9. The number of carboxylic acid groups (broad SMARTS) is 1. The van der Waals surface area contributed by atoms with Gasteiger partial charge in [0.05, 0.1) is 6.61 Å². The standard InChI is InChI=1S/C14H20N2O3/c17-14(18)16-9-8-15-12(11-16)5-4-10-19-13-6-2-1-3-7-13/h1-3,6-7,12,15H,4-5,8-11H2,(H,17,18)/t12-/m1/s1. The second kappa shape index (κ2) is 6.99. The highest BCUT2D eigenvalue weighted by molar-refractivity contribution is 5.65. The zero-order valence-electron chi connectivity index (χ0n) is 10.9. The van der Waals surface area contributed by atoms with E-state index in [2.05, 4.69) is 5.32 Å². The second-order valence-corrected chi connectivity index (χ2v) is 4.68. The quantitative estimate of drug-likeness (QED) is 0.796. The third-order valence-corrected chi connectivity index (χ3v) is 3.23. The van der Waals surface area contributed by atoms with Crippen molar-refractivity contribution >= 4 is 6.09 Å². The van der Waals surface area contributed by atoms with Crippen molar-refractivity contribution in [2.24, 2.45) is 0 Å². The number of hydrogen-bond acceptors (Lipinski definition) is 3. The number of nitrogens with zero attached hydrogens (tertiary/aromatic N) is 1. The van der Waals surface area contributed by atoms with E-state index >= 15 is 0 Å². The van der Waals surface area contributed by atoms with Crippen LogP contribution >= 0.6 is 0 Å². The average Bonchev–Trinajstić information content (AvgIpc) is 2.45. The minimum Gasteiger partial charge on any atom is -0.494 e. The third kappa shape index (κ3) is 4.44. The molecule has 1 saturated heterocycles. The number of benzene rings is 1. The summed E-state index contributed by atoms with van der Waals surface area (Å²) in [6.07, 6.45) is 1.02. The van der Waals surface area contributed by atoms with E-state index in [1.165, 1.54) is 4.90 Å². The van der Waals surface area contributed by atoms with E-state index in [4.69, 9.17) is 9.84 Å². The molecule has 104 valence electrons. The molecular formula is C14H20N2O3. The molecule has 1 aliphatic rings. The lowest BCUT2D eigenvalue weighted by Gasteiger charge is -2.31. The molecule has 1 fully saturated rings. The first-order chi connectivity index (χ1) is 9.25. The van der Waals surface area contributed by atoms with Gasteiger partial charge in [0.1, 0.15) is 5.75 Å². The van der Waals surface area contributed by atoms with Gasteiger partial charge in [-0.1, -0.05) is 18.2 Å². The summed E-state index contributed by atoms with van der Waals surface area (Å²) in [6, 6.07) is 9.96. The predicted octanol–water partition coefficient (Wildman–Crippen LogP) is 1.80. The lowest BCUT2D eigenvalue weighted by molar-refractivity contribution is 0.126. The first kappa shape index (κ1) is 13.7. The van der Waals surface area contributed by atoms with Gasteiger partial charge in [0.15, 0.2) is 0 Å². The molecule has 2 N–H and O–H groups in total. The molecule has 0 unspecified atom stereocenters. The van der Waals surface area contributed by atoms with Crippen LogP contribution in [0, 0.1) is 0 Å². The van der Waals surface area contributed by atoms with Crippen molar-refractivity contribution < 1.29 is 14.6 Å². The zero-order chi connectivity index (χ0) is 13.5. The Morgan fingerprint density at radius 2 is 2.21 bits per heavy atom. The first-order valence-electron chi connectivity index (χ1n) is 6.65. The van der Waals surface area contributed by atoms with Crippen LogP contribution in [0.1, 0.15) is 12.8 Å². The fourth-order valence-corrected chi connectivity index (χ4v) is 2.23. The van der Waals surface area contributed by atoms with Crippen LogP contribution in [0.15, 0.2) is 30.3 Å². The van der Waals surface area contributed by atoms with Crippen molar-refractivity contribution in [1.29, 1.82) is 0 Å². The Labute approximate surface area is 113 Å². The molecule has 1 amide bonds. The van der Waals surface area contributed by atoms with E-state index in [9.17, 15) is 4.79 Å². The van der Waals surface area contributed by atoms with E-state index in [1.54, 1.807) is 0 Å². The molecule has 19 heavy (non-hydrogen) atoms. The van der Waals surface area contributed by atoms with E-state index < -0.39 is 6.09 Å². The van der Waals surface area contributed by atoms with Crippen LogP contribution in [0.25, 0.3) is 0 Å². The van der Waals surface area contributed by atoms with Crippen molar-refractivity contribution in [2.45, 2.75) is 18.9 Å². The molecule has 1 aromatic carbocycles. The lowest BCUT2D eigenvalue weighted by atomic mass is 10.1.